The first-order chi connectivity index (χ1) is 9.11. The van der Waals surface area contributed by atoms with Crippen molar-refractivity contribution in [3.8, 4) is 0 Å². The Morgan fingerprint density at radius 1 is 1.25 bits per heavy atom. The van der Waals surface area contributed by atoms with E-state index in [1.54, 1.807) is 20.8 Å². The summed E-state index contributed by atoms with van der Waals surface area (Å²) in [6.07, 6.45) is -5.35. The summed E-state index contributed by atoms with van der Waals surface area (Å²) in [5, 5.41) is 22.8. The average Bonchev–Trinajstić information content (AvgIpc) is 2.70. The van der Waals surface area contributed by atoms with Crippen molar-refractivity contribution in [1.82, 2.24) is 19.8 Å². The number of nitrogens with one attached hydrogen (secondary N) is 1. The van der Waals surface area contributed by atoms with Gasteiger partial charge in [-0.1, -0.05) is 0 Å². The molecule has 0 fully saturated rings. The van der Waals surface area contributed by atoms with Crippen LogP contribution in [0.5, 0.6) is 0 Å². The zero-order valence-electron chi connectivity index (χ0n) is 11.1. The number of anilines is 1. The topological polar surface area (TPSA) is 75.3 Å². The van der Waals surface area contributed by atoms with Crippen molar-refractivity contribution >= 4 is 11.5 Å². The molecule has 20 heavy (non-hydrogen) atoms. The maximum atomic E-state index is 12.7. The Balaban J connectivity index is 2.43. The molecule has 6 nitrogen and oxygen atoms in total. The molecule has 110 valence electrons. The zero-order valence-corrected chi connectivity index (χ0v) is 11.1. The fourth-order valence-electron chi connectivity index (χ4n) is 1.47. The highest BCUT2D eigenvalue weighted by atomic mass is 19.4. The summed E-state index contributed by atoms with van der Waals surface area (Å²) in [6.45, 7) is 4.99. The second-order valence-corrected chi connectivity index (χ2v) is 5.03. The number of halogens is 3. The smallest absolute Gasteiger partial charge is 0.391 e. The van der Waals surface area contributed by atoms with Crippen LogP contribution >= 0.6 is 0 Å². The van der Waals surface area contributed by atoms with Gasteiger partial charge in [0.25, 0.3) is 5.82 Å². The average molecular weight is 289 g/mol. The molecule has 2 heterocycles. The molecule has 0 aliphatic heterocycles. The molecular formula is C11H14F3N5O. The third-order valence-electron chi connectivity index (χ3n) is 3.01. The Morgan fingerprint density at radius 3 is 2.45 bits per heavy atom. The van der Waals surface area contributed by atoms with Crippen LogP contribution in [0.1, 0.15) is 26.6 Å². The minimum absolute atomic E-state index is 0.00210. The van der Waals surface area contributed by atoms with Crippen LogP contribution in [0.15, 0.2) is 12.1 Å². The Labute approximate surface area is 112 Å². The summed E-state index contributed by atoms with van der Waals surface area (Å²) < 4.78 is 38.8. The molecule has 0 amide bonds. The van der Waals surface area contributed by atoms with Gasteiger partial charge < -0.3 is 10.4 Å². The van der Waals surface area contributed by atoms with Crippen LogP contribution in [0.2, 0.25) is 0 Å². The SMILES string of the molecule is CC(O)C(C)(C)Nc1ccc2nnc(C(F)(F)F)n2n1. The molecule has 2 N–H and O–H groups in total. The van der Waals surface area contributed by atoms with Crippen molar-refractivity contribution in [2.45, 2.75) is 38.6 Å². The third-order valence-corrected chi connectivity index (χ3v) is 3.01. The maximum absolute atomic E-state index is 12.7. The van der Waals surface area contributed by atoms with E-state index in [1.165, 1.54) is 12.1 Å². The van der Waals surface area contributed by atoms with Gasteiger partial charge in [0.2, 0.25) is 0 Å². The van der Waals surface area contributed by atoms with Gasteiger partial charge in [0.15, 0.2) is 5.65 Å². The summed E-state index contributed by atoms with van der Waals surface area (Å²) in [4.78, 5) is 0. The fraction of sp³-hybridized carbons (Fsp3) is 0.545. The molecule has 0 spiro atoms. The molecule has 0 aliphatic rings. The number of aliphatic hydroxyl groups excluding tert-OH is 1. The lowest BCUT2D eigenvalue weighted by Gasteiger charge is -2.29. The Morgan fingerprint density at radius 2 is 1.90 bits per heavy atom. The van der Waals surface area contributed by atoms with Crippen molar-refractivity contribution in [2.75, 3.05) is 5.32 Å². The lowest BCUT2D eigenvalue weighted by atomic mass is 9.99. The van der Waals surface area contributed by atoms with Gasteiger partial charge in [0.05, 0.1) is 11.6 Å². The van der Waals surface area contributed by atoms with Gasteiger partial charge in [-0.2, -0.15) is 17.7 Å². The molecule has 0 saturated carbocycles. The molecule has 0 aromatic carbocycles. The molecular weight excluding hydrogens is 275 g/mol. The Kier molecular flexibility index (Phi) is 3.32. The number of hydrogen-bond acceptors (Lipinski definition) is 5. The minimum Gasteiger partial charge on any atom is -0.391 e. The highest BCUT2D eigenvalue weighted by Gasteiger charge is 2.37. The zero-order chi connectivity index (χ0) is 15.1. The number of nitrogens with zero attached hydrogens (tertiary/aromatic N) is 4. The largest absolute Gasteiger partial charge is 0.453 e. The van der Waals surface area contributed by atoms with Gasteiger partial charge >= 0.3 is 6.18 Å². The van der Waals surface area contributed by atoms with E-state index in [0.717, 1.165) is 0 Å². The highest BCUT2D eigenvalue weighted by molar-refractivity contribution is 5.45. The Bertz CT molecular complexity index is 620. The lowest BCUT2D eigenvalue weighted by Crippen LogP contribution is -2.42. The van der Waals surface area contributed by atoms with Gasteiger partial charge in [-0.15, -0.1) is 15.3 Å². The summed E-state index contributed by atoms with van der Waals surface area (Å²) in [6, 6.07) is 2.85. The molecule has 1 unspecified atom stereocenters. The van der Waals surface area contributed by atoms with Gasteiger partial charge in [0, 0.05) is 0 Å². The molecule has 9 heteroatoms. The third kappa shape index (κ3) is 2.67. The number of alkyl halides is 3. The van der Waals surface area contributed by atoms with Crippen LogP contribution < -0.4 is 5.32 Å². The van der Waals surface area contributed by atoms with Crippen LogP contribution in [0.25, 0.3) is 5.65 Å². The normalized spacial score (nSPS) is 14.6. The molecule has 1 atom stereocenters. The van der Waals surface area contributed by atoms with E-state index in [4.69, 9.17) is 0 Å². The molecule has 2 rings (SSSR count). The van der Waals surface area contributed by atoms with Crippen LogP contribution in [0.3, 0.4) is 0 Å². The standard InChI is InChI=1S/C11H14F3N5O/c1-6(20)10(2,3)15-7-4-5-8-16-17-9(11(12,13)14)19(8)18-7/h4-6,20H,1-3H3,(H,15,18). The van der Waals surface area contributed by atoms with Crippen LogP contribution in [-0.2, 0) is 6.18 Å². The predicted molar refractivity (Wildman–Crippen MR) is 65.2 cm³/mol. The molecule has 0 radical (unpaired) electrons. The van der Waals surface area contributed by atoms with Crippen LogP contribution in [0.4, 0.5) is 19.0 Å². The van der Waals surface area contributed by atoms with Crippen molar-refractivity contribution < 1.29 is 18.3 Å². The second kappa shape index (κ2) is 4.58. The number of fused-ring (bicyclic) bond motifs is 1. The summed E-state index contributed by atoms with van der Waals surface area (Å²) in [5.41, 5.74) is -0.745. The van der Waals surface area contributed by atoms with Gasteiger partial charge in [-0.25, -0.2) is 0 Å². The molecule has 0 aliphatic carbocycles. The maximum Gasteiger partial charge on any atom is 0.453 e. The summed E-state index contributed by atoms with van der Waals surface area (Å²) in [7, 11) is 0. The van der Waals surface area contributed by atoms with Crippen molar-refractivity contribution in [1.29, 1.82) is 0 Å². The molecule has 0 bridgehead atoms. The quantitative estimate of drug-likeness (QED) is 0.899. The first-order valence-corrected chi connectivity index (χ1v) is 5.87. The van der Waals surface area contributed by atoms with E-state index in [1.807, 2.05) is 0 Å². The number of aliphatic hydroxyl groups is 1. The van der Waals surface area contributed by atoms with E-state index in [2.05, 4.69) is 20.6 Å². The van der Waals surface area contributed by atoms with E-state index in [9.17, 15) is 18.3 Å². The van der Waals surface area contributed by atoms with E-state index in [0.29, 0.717) is 4.52 Å². The van der Waals surface area contributed by atoms with Crippen LogP contribution in [-0.4, -0.2) is 36.6 Å². The molecule has 2 aromatic rings. The van der Waals surface area contributed by atoms with E-state index in [-0.39, 0.29) is 11.5 Å². The highest BCUT2D eigenvalue weighted by Crippen LogP contribution is 2.27. The summed E-state index contributed by atoms with van der Waals surface area (Å²) >= 11 is 0. The van der Waals surface area contributed by atoms with Gasteiger partial charge in [-0.05, 0) is 32.9 Å². The number of rotatable bonds is 3. The van der Waals surface area contributed by atoms with E-state index >= 15 is 0 Å². The predicted octanol–water partition coefficient (Wildman–Crippen LogP) is 1.71. The minimum atomic E-state index is -4.63. The van der Waals surface area contributed by atoms with Crippen molar-refractivity contribution in [3.05, 3.63) is 18.0 Å². The van der Waals surface area contributed by atoms with Gasteiger partial charge in [-0.3, -0.25) is 0 Å². The van der Waals surface area contributed by atoms with E-state index < -0.39 is 23.6 Å². The Hall–Kier alpha value is -1.90. The molecule has 0 saturated heterocycles. The monoisotopic (exact) mass is 289 g/mol. The fourth-order valence-corrected chi connectivity index (χ4v) is 1.47. The van der Waals surface area contributed by atoms with Crippen molar-refractivity contribution in [3.63, 3.8) is 0 Å². The van der Waals surface area contributed by atoms with Crippen LogP contribution in [0, 0.1) is 0 Å². The first-order valence-electron chi connectivity index (χ1n) is 5.87. The van der Waals surface area contributed by atoms with Crippen molar-refractivity contribution in [2.24, 2.45) is 0 Å². The first kappa shape index (κ1) is 14.5. The number of aromatic nitrogens is 4. The molecule has 2 aromatic heterocycles. The number of hydrogen-bond donors (Lipinski definition) is 2. The second-order valence-electron chi connectivity index (χ2n) is 5.03. The van der Waals surface area contributed by atoms with Gasteiger partial charge in [0.1, 0.15) is 5.82 Å². The summed E-state index contributed by atoms with van der Waals surface area (Å²) in [5.74, 6) is -1.00. The lowest BCUT2D eigenvalue weighted by molar-refractivity contribution is -0.146.